The predicted molar refractivity (Wildman–Crippen MR) is 97.2 cm³/mol. The average Bonchev–Trinajstić information content (AvgIpc) is 2.70. The SMILES string of the molecule is COC(=O)[C@@H](O)[C@@H](OC(=O)c1cccc(Cl)c1)c1ccc(OC)c(OC)c1. The van der Waals surface area contributed by atoms with Crippen LogP contribution in [0.3, 0.4) is 0 Å². The molecule has 0 aromatic heterocycles. The van der Waals surface area contributed by atoms with Crippen LogP contribution in [0.25, 0.3) is 0 Å². The van der Waals surface area contributed by atoms with Gasteiger partial charge in [-0.25, -0.2) is 9.59 Å². The van der Waals surface area contributed by atoms with Crippen molar-refractivity contribution in [3.63, 3.8) is 0 Å². The fourth-order valence-corrected chi connectivity index (χ4v) is 2.58. The van der Waals surface area contributed by atoms with E-state index in [1.807, 2.05) is 0 Å². The third-order valence-corrected chi connectivity index (χ3v) is 3.99. The van der Waals surface area contributed by atoms with Crippen molar-refractivity contribution in [1.82, 2.24) is 0 Å². The zero-order chi connectivity index (χ0) is 20.0. The first-order chi connectivity index (χ1) is 12.9. The number of carbonyl (C=O) groups excluding carboxylic acids is 2. The highest BCUT2D eigenvalue weighted by Gasteiger charge is 2.33. The Bertz CT molecular complexity index is 821. The molecule has 0 unspecified atom stereocenters. The second-order valence-electron chi connectivity index (χ2n) is 5.42. The van der Waals surface area contributed by atoms with E-state index in [9.17, 15) is 14.7 Å². The monoisotopic (exact) mass is 394 g/mol. The second-order valence-corrected chi connectivity index (χ2v) is 5.86. The van der Waals surface area contributed by atoms with E-state index in [1.165, 1.54) is 32.4 Å². The summed E-state index contributed by atoms with van der Waals surface area (Å²) in [4.78, 5) is 24.3. The molecular weight excluding hydrogens is 376 g/mol. The lowest BCUT2D eigenvalue weighted by Crippen LogP contribution is -2.32. The molecule has 2 atom stereocenters. The Morgan fingerprint density at radius 1 is 1.00 bits per heavy atom. The number of ether oxygens (including phenoxy) is 4. The van der Waals surface area contributed by atoms with E-state index in [2.05, 4.69) is 4.74 Å². The molecule has 0 saturated heterocycles. The molecule has 0 fully saturated rings. The van der Waals surface area contributed by atoms with Crippen LogP contribution in [-0.4, -0.2) is 44.5 Å². The Morgan fingerprint density at radius 3 is 2.30 bits per heavy atom. The molecule has 0 aliphatic heterocycles. The fraction of sp³-hybridized carbons (Fsp3) is 0.263. The molecule has 0 bridgehead atoms. The van der Waals surface area contributed by atoms with Gasteiger partial charge < -0.3 is 24.1 Å². The quantitative estimate of drug-likeness (QED) is 0.722. The fourth-order valence-electron chi connectivity index (χ4n) is 2.39. The number of methoxy groups -OCH3 is 3. The number of aliphatic hydroxyl groups is 1. The normalized spacial score (nSPS) is 12.6. The van der Waals surface area contributed by atoms with Crippen molar-refractivity contribution in [2.75, 3.05) is 21.3 Å². The van der Waals surface area contributed by atoms with Crippen LogP contribution in [0.15, 0.2) is 42.5 Å². The molecule has 0 aliphatic carbocycles. The van der Waals surface area contributed by atoms with Crippen molar-refractivity contribution < 1.29 is 33.6 Å². The summed E-state index contributed by atoms with van der Waals surface area (Å²) < 4.78 is 20.3. The lowest BCUT2D eigenvalue weighted by molar-refractivity contribution is -0.157. The van der Waals surface area contributed by atoms with Gasteiger partial charge in [0.05, 0.1) is 26.9 Å². The summed E-state index contributed by atoms with van der Waals surface area (Å²) in [6.45, 7) is 0. The molecule has 1 N–H and O–H groups in total. The molecule has 2 aromatic carbocycles. The van der Waals surface area contributed by atoms with E-state index in [1.54, 1.807) is 24.3 Å². The van der Waals surface area contributed by atoms with Crippen LogP contribution in [0.1, 0.15) is 22.0 Å². The van der Waals surface area contributed by atoms with E-state index in [0.29, 0.717) is 22.1 Å². The Morgan fingerprint density at radius 2 is 1.70 bits per heavy atom. The van der Waals surface area contributed by atoms with E-state index in [0.717, 1.165) is 7.11 Å². The zero-order valence-electron chi connectivity index (χ0n) is 15.0. The van der Waals surface area contributed by atoms with Crippen molar-refractivity contribution in [3.05, 3.63) is 58.6 Å². The van der Waals surface area contributed by atoms with Crippen LogP contribution in [0.2, 0.25) is 5.02 Å². The highest BCUT2D eigenvalue weighted by molar-refractivity contribution is 6.30. The second kappa shape index (κ2) is 9.25. The molecule has 0 heterocycles. The van der Waals surface area contributed by atoms with Gasteiger partial charge in [0, 0.05) is 5.02 Å². The number of aliphatic hydroxyl groups excluding tert-OH is 1. The minimum absolute atomic E-state index is 0.171. The number of esters is 2. The predicted octanol–water partition coefficient (Wildman–Crippen LogP) is 2.79. The van der Waals surface area contributed by atoms with E-state index >= 15 is 0 Å². The Labute approximate surface area is 161 Å². The van der Waals surface area contributed by atoms with Gasteiger partial charge in [0.25, 0.3) is 0 Å². The molecule has 0 amide bonds. The van der Waals surface area contributed by atoms with Gasteiger partial charge in [-0.3, -0.25) is 0 Å². The molecule has 0 aliphatic rings. The van der Waals surface area contributed by atoms with Crippen LogP contribution in [0.4, 0.5) is 0 Å². The molecule has 0 saturated carbocycles. The number of benzene rings is 2. The van der Waals surface area contributed by atoms with Crippen molar-refractivity contribution in [3.8, 4) is 11.5 Å². The maximum atomic E-state index is 12.5. The third-order valence-electron chi connectivity index (χ3n) is 3.76. The molecule has 8 heteroatoms. The van der Waals surface area contributed by atoms with Crippen LogP contribution in [0.5, 0.6) is 11.5 Å². The molecule has 27 heavy (non-hydrogen) atoms. The lowest BCUT2D eigenvalue weighted by atomic mass is 10.0. The van der Waals surface area contributed by atoms with Crippen LogP contribution in [-0.2, 0) is 14.3 Å². The topological polar surface area (TPSA) is 91.3 Å². The molecule has 144 valence electrons. The first-order valence-corrected chi connectivity index (χ1v) is 8.23. The van der Waals surface area contributed by atoms with Gasteiger partial charge >= 0.3 is 11.9 Å². The van der Waals surface area contributed by atoms with Gasteiger partial charge in [-0.15, -0.1) is 0 Å². The maximum absolute atomic E-state index is 12.5. The van der Waals surface area contributed by atoms with E-state index in [4.69, 9.17) is 25.8 Å². The minimum atomic E-state index is -1.74. The van der Waals surface area contributed by atoms with Gasteiger partial charge in [0.2, 0.25) is 0 Å². The van der Waals surface area contributed by atoms with Crippen molar-refractivity contribution in [1.29, 1.82) is 0 Å². The molecular formula is C19H19ClO7. The van der Waals surface area contributed by atoms with Gasteiger partial charge in [0.1, 0.15) is 0 Å². The lowest BCUT2D eigenvalue weighted by Gasteiger charge is -2.23. The Kier molecular flexibility index (Phi) is 7.04. The summed E-state index contributed by atoms with van der Waals surface area (Å²) in [7, 11) is 4.03. The number of hydrogen-bond donors (Lipinski definition) is 1. The molecule has 0 spiro atoms. The summed E-state index contributed by atoms with van der Waals surface area (Å²) in [6.07, 6.45) is -3.07. The summed E-state index contributed by atoms with van der Waals surface area (Å²) in [5, 5.41) is 10.7. The number of carbonyl (C=O) groups is 2. The first kappa shape index (κ1) is 20.5. The highest BCUT2D eigenvalue weighted by atomic mass is 35.5. The van der Waals surface area contributed by atoms with Crippen LogP contribution in [0, 0.1) is 0 Å². The minimum Gasteiger partial charge on any atom is -0.493 e. The van der Waals surface area contributed by atoms with Crippen molar-refractivity contribution in [2.24, 2.45) is 0 Å². The Balaban J connectivity index is 2.40. The van der Waals surface area contributed by atoms with Crippen LogP contribution < -0.4 is 9.47 Å². The largest absolute Gasteiger partial charge is 0.493 e. The van der Waals surface area contributed by atoms with Gasteiger partial charge in [-0.2, -0.15) is 0 Å². The summed E-state index contributed by atoms with van der Waals surface area (Å²) in [6, 6.07) is 10.7. The van der Waals surface area contributed by atoms with Gasteiger partial charge in [-0.1, -0.05) is 23.7 Å². The van der Waals surface area contributed by atoms with Gasteiger partial charge in [0.15, 0.2) is 23.7 Å². The molecule has 2 rings (SSSR count). The Hall–Kier alpha value is -2.77. The first-order valence-electron chi connectivity index (χ1n) is 7.85. The van der Waals surface area contributed by atoms with E-state index in [-0.39, 0.29) is 5.56 Å². The van der Waals surface area contributed by atoms with Crippen LogP contribution >= 0.6 is 11.6 Å². The average molecular weight is 395 g/mol. The van der Waals surface area contributed by atoms with Gasteiger partial charge in [-0.05, 0) is 35.9 Å². The highest BCUT2D eigenvalue weighted by Crippen LogP contribution is 2.33. The smallest absolute Gasteiger partial charge is 0.339 e. The van der Waals surface area contributed by atoms with Crippen molar-refractivity contribution >= 4 is 23.5 Å². The number of halogens is 1. The summed E-state index contributed by atoms with van der Waals surface area (Å²) >= 11 is 5.89. The summed E-state index contributed by atoms with van der Waals surface area (Å²) in [5.41, 5.74) is 0.492. The zero-order valence-corrected chi connectivity index (χ0v) is 15.7. The number of rotatable bonds is 7. The molecule has 2 aromatic rings. The van der Waals surface area contributed by atoms with E-state index < -0.39 is 24.1 Å². The molecule has 0 radical (unpaired) electrons. The standard InChI is InChI=1S/C19H19ClO7/c1-24-14-8-7-11(10-15(14)25-2)17(16(21)19(23)26-3)27-18(22)12-5-4-6-13(20)9-12/h4-10,16-17,21H,1-3H3/t16-,17-/m0/s1. The van der Waals surface area contributed by atoms with Crippen molar-refractivity contribution in [2.45, 2.75) is 12.2 Å². The number of hydrogen-bond acceptors (Lipinski definition) is 7. The maximum Gasteiger partial charge on any atom is 0.339 e. The molecule has 7 nitrogen and oxygen atoms in total. The summed E-state index contributed by atoms with van der Waals surface area (Å²) in [5.74, 6) is -0.932. The third kappa shape index (κ3) is 4.90.